The molecular formula is C30H39BrN2O8S. The number of hydrogen-bond acceptors (Lipinski definition) is 8. The molecule has 1 aliphatic rings. The molecule has 1 heterocycles. The Morgan fingerprint density at radius 2 is 1.60 bits per heavy atom. The van der Waals surface area contributed by atoms with Gasteiger partial charge < -0.3 is 19.5 Å². The van der Waals surface area contributed by atoms with Crippen LogP contribution in [-0.4, -0.2) is 62.2 Å². The predicted octanol–water partition coefficient (Wildman–Crippen LogP) is 5.15. The van der Waals surface area contributed by atoms with Crippen molar-refractivity contribution in [3.05, 3.63) is 64.1 Å². The largest absolute Gasteiger partial charge is 0.466 e. The third-order valence-corrected chi connectivity index (χ3v) is 9.24. The van der Waals surface area contributed by atoms with Crippen LogP contribution in [0.1, 0.15) is 58.2 Å². The van der Waals surface area contributed by atoms with Crippen LogP contribution in [0.3, 0.4) is 0 Å². The van der Waals surface area contributed by atoms with E-state index in [-0.39, 0.29) is 31.1 Å². The number of sulfonamides is 1. The summed E-state index contributed by atoms with van der Waals surface area (Å²) < 4.78 is 46.1. The summed E-state index contributed by atoms with van der Waals surface area (Å²) in [6, 6.07) is 11.3. The molecule has 0 saturated carbocycles. The van der Waals surface area contributed by atoms with Gasteiger partial charge in [-0.3, -0.25) is 9.59 Å². The van der Waals surface area contributed by atoms with E-state index in [9.17, 15) is 22.8 Å². The molecule has 0 aromatic heterocycles. The smallest absolute Gasteiger partial charge is 0.408 e. The van der Waals surface area contributed by atoms with E-state index in [0.717, 1.165) is 14.3 Å². The highest BCUT2D eigenvalue weighted by atomic mass is 79.9. The van der Waals surface area contributed by atoms with E-state index in [1.54, 1.807) is 71.0 Å². The van der Waals surface area contributed by atoms with Crippen molar-refractivity contribution in [3.8, 4) is 0 Å². The molecule has 1 saturated heterocycles. The Kier molecular flexibility index (Phi) is 11.2. The lowest BCUT2D eigenvalue weighted by Crippen LogP contribution is -2.45. The van der Waals surface area contributed by atoms with Crippen molar-refractivity contribution < 1.29 is 37.0 Å². The van der Waals surface area contributed by atoms with Crippen LogP contribution in [0.2, 0.25) is 0 Å². The second-order valence-electron chi connectivity index (χ2n) is 11.1. The summed E-state index contributed by atoms with van der Waals surface area (Å²) in [6.45, 7) is 10.3. The molecule has 0 radical (unpaired) electrons. The molecule has 4 atom stereocenters. The minimum atomic E-state index is -4.23. The fourth-order valence-corrected chi connectivity index (χ4v) is 7.01. The van der Waals surface area contributed by atoms with Crippen LogP contribution >= 0.6 is 15.9 Å². The molecule has 1 unspecified atom stereocenters. The van der Waals surface area contributed by atoms with Gasteiger partial charge in [0, 0.05) is 22.9 Å². The topological polar surface area (TPSA) is 128 Å². The predicted molar refractivity (Wildman–Crippen MR) is 160 cm³/mol. The van der Waals surface area contributed by atoms with Crippen molar-refractivity contribution in [2.24, 2.45) is 11.8 Å². The first-order valence-electron chi connectivity index (χ1n) is 13.8. The van der Waals surface area contributed by atoms with Gasteiger partial charge >= 0.3 is 18.0 Å². The molecule has 42 heavy (non-hydrogen) atoms. The first-order valence-corrected chi connectivity index (χ1v) is 16.1. The number of carbonyl (C=O) groups excluding carboxylic acids is 3. The quantitative estimate of drug-likeness (QED) is 0.273. The van der Waals surface area contributed by atoms with Crippen LogP contribution in [0.15, 0.2) is 57.9 Å². The number of benzene rings is 2. The van der Waals surface area contributed by atoms with Gasteiger partial charge in [0.15, 0.2) is 0 Å². The van der Waals surface area contributed by atoms with Crippen molar-refractivity contribution in [2.45, 2.75) is 70.5 Å². The summed E-state index contributed by atoms with van der Waals surface area (Å²) >= 11 is 3.42. The molecule has 12 heteroatoms. The summed E-state index contributed by atoms with van der Waals surface area (Å²) in [4.78, 5) is 39.5. The fraction of sp³-hybridized carbons (Fsp3) is 0.500. The molecular weight excluding hydrogens is 628 g/mol. The van der Waals surface area contributed by atoms with Crippen LogP contribution in [-0.2, 0) is 33.8 Å². The molecule has 0 aliphatic carbocycles. The standard InChI is InChI=1S/C30H39BrN2O8S/c1-7-39-25(34)17-23-24(26(20-11-13-21(31)14-12-20)32-29(36)41-30(4,5)6)18-33(27(23)28(35)40-8-2)42(37,38)22-15-9-19(3)10-16-22/h9-16,23-24,26-27H,7-8,17-18H2,1-6H3,(H,32,36)/t23-,24+,26?,27+/m1/s1. The van der Waals surface area contributed by atoms with Gasteiger partial charge in [-0.25, -0.2) is 13.2 Å². The van der Waals surface area contributed by atoms with E-state index >= 15 is 0 Å². The summed E-state index contributed by atoms with van der Waals surface area (Å²) in [5.41, 5.74) is 0.704. The first-order chi connectivity index (χ1) is 19.7. The van der Waals surface area contributed by atoms with Gasteiger partial charge in [-0.2, -0.15) is 4.31 Å². The van der Waals surface area contributed by atoms with E-state index < -0.39 is 57.6 Å². The van der Waals surface area contributed by atoms with Crippen molar-refractivity contribution >= 4 is 44.0 Å². The Balaban J connectivity index is 2.19. The average Bonchev–Trinajstić information content (AvgIpc) is 3.27. The number of halogens is 1. The summed E-state index contributed by atoms with van der Waals surface area (Å²) in [6.07, 6.45) is -0.997. The molecule has 3 rings (SSSR count). The van der Waals surface area contributed by atoms with Gasteiger partial charge in [-0.15, -0.1) is 0 Å². The number of carbonyl (C=O) groups is 3. The van der Waals surface area contributed by atoms with Gasteiger partial charge in [-0.1, -0.05) is 45.8 Å². The number of amides is 1. The number of aryl methyl sites for hydroxylation is 1. The lowest BCUT2D eigenvalue weighted by Gasteiger charge is -2.31. The fourth-order valence-electron chi connectivity index (χ4n) is 5.09. The number of esters is 2. The van der Waals surface area contributed by atoms with Crippen LogP contribution < -0.4 is 5.32 Å². The van der Waals surface area contributed by atoms with Gasteiger partial charge in [0.1, 0.15) is 11.6 Å². The maximum absolute atomic E-state index is 14.1. The lowest BCUT2D eigenvalue weighted by atomic mass is 9.80. The van der Waals surface area contributed by atoms with E-state index in [1.165, 1.54) is 12.1 Å². The van der Waals surface area contributed by atoms with E-state index in [2.05, 4.69) is 21.2 Å². The van der Waals surface area contributed by atoms with Crippen molar-refractivity contribution in [1.29, 1.82) is 0 Å². The first kappa shape index (κ1) is 33.5. The Morgan fingerprint density at radius 3 is 2.14 bits per heavy atom. The molecule has 2 aromatic rings. The van der Waals surface area contributed by atoms with E-state index in [4.69, 9.17) is 14.2 Å². The number of nitrogens with one attached hydrogen (secondary N) is 1. The molecule has 1 fully saturated rings. The maximum atomic E-state index is 14.1. The molecule has 0 bridgehead atoms. The van der Waals surface area contributed by atoms with E-state index in [1.807, 2.05) is 6.92 Å². The zero-order valence-electron chi connectivity index (χ0n) is 24.8. The zero-order chi connectivity index (χ0) is 31.2. The maximum Gasteiger partial charge on any atom is 0.408 e. The van der Waals surface area contributed by atoms with Gasteiger partial charge in [0.2, 0.25) is 10.0 Å². The third kappa shape index (κ3) is 8.32. The number of ether oxygens (including phenoxy) is 3. The van der Waals surface area contributed by atoms with Crippen LogP contribution in [0, 0.1) is 18.8 Å². The van der Waals surface area contributed by atoms with Crippen molar-refractivity contribution in [2.75, 3.05) is 19.8 Å². The molecule has 1 N–H and O–H groups in total. The molecule has 0 spiro atoms. The van der Waals surface area contributed by atoms with Gasteiger partial charge in [0.05, 0.1) is 30.6 Å². The summed E-state index contributed by atoms with van der Waals surface area (Å²) in [5.74, 6) is -3.01. The van der Waals surface area contributed by atoms with Crippen LogP contribution in [0.25, 0.3) is 0 Å². The van der Waals surface area contributed by atoms with Crippen molar-refractivity contribution in [3.63, 3.8) is 0 Å². The highest BCUT2D eigenvalue weighted by Crippen LogP contribution is 2.43. The number of hydrogen-bond donors (Lipinski definition) is 1. The zero-order valence-corrected chi connectivity index (χ0v) is 27.2. The SMILES string of the molecule is CCOC(=O)C[C@@H]1[C@@H](C(NC(=O)OC(C)(C)C)c2ccc(Br)cc2)CN(S(=O)(=O)c2ccc(C)cc2)[C@@H]1C(=O)OCC. The van der Waals surface area contributed by atoms with Crippen LogP contribution in [0.4, 0.5) is 4.79 Å². The second kappa shape index (κ2) is 14.0. The monoisotopic (exact) mass is 666 g/mol. The number of alkyl carbamates (subject to hydrolysis) is 1. The number of nitrogens with zero attached hydrogens (tertiary/aromatic N) is 1. The molecule has 230 valence electrons. The second-order valence-corrected chi connectivity index (χ2v) is 13.9. The average molecular weight is 668 g/mol. The number of rotatable bonds is 10. The summed E-state index contributed by atoms with van der Waals surface area (Å²) in [5, 5.41) is 2.90. The minimum Gasteiger partial charge on any atom is -0.466 e. The Hall–Kier alpha value is -2.96. The van der Waals surface area contributed by atoms with Crippen molar-refractivity contribution in [1.82, 2.24) is 9.62 Å². The van der Waals surface area contributed by atoms with Crippen LogP contribution in [0.5, 0.6) is 0 Å². The lowest BCUT2D eigenvalue weighted by molar-refractivity contribution is -0.150. The Bertz CT molecular complexity index is 1360. The van der Waals surface area contributed by atoms with Gasteiger partial charge in [-0.05, 0) is 71.4 Å². The minimum absolute atomic E-state index is 0.00164. The normalized spacial score (nSPS) is 20.0. The van der Waals surface area contributed by atoms with E-state index in [0.29, 0.717) is 5.56 Å². The highest BCUT2D eigenvalue weighted by molar-refractivity contribution is 9.10. The highest BCUT2D eigenvalue weighted by Gasteiger charge is 2.55. The molecule has 1 aliphatic heterocycles. The summed E-state index contributed by atoms with van der Waals surface area (Å²) in [7, 11) is -4.23. The third-order valence-electron chi connectivity index (χ3n) is 6.85. The molecule has 10 nitrogen and oxygen atoms in total. The van der Waals surface area contributed by atoms with Gasteiger partial charge in [0.25, 0.3) is 0 Å². The Labute approximate surface area is 256 Å². The Morgan fingerprint density at radius 1 is 1.00 bits per heavy atom. The molecule has 2 aromatic carbocycles. The molecule has 1 amide bonds.